The molecule has 1 unspecified atom stereocenters. The van der Waals surface area contributed by atoms with E-state index in [0.29, 0.717) is 26.1 Å². The summed E-state index contributed by atoms with van der Waals surface area (Å²) < 4.78 is 0. The quantitative estimate of drug-likeness (QED) is 0.557. The van der Waals surface area contributed by atoms with Gasteiger partial charge in [-0.05, 0) is 19.3 Å². The van der Waals surface area contributed by atoms with Crippen LogP contribution in [0.3, 0.4) is 0 Å². The van der Waals surface area contributed by atoms with Crippen LogP contribution in [-0.2, 0) is 4.79 Å². The molecule has 100 valence electrons. The molecule has 0 aromatic carbocycles. The SMILES string of the molecule is CCNC(=O)CCNCC(O)CC1CCCC1. The van der Waals surface area contributed by atoms with E-state index >= 15 is 0 Å². The summed E-state index contributed by atoms with van der Waals surface area (Å²) in [5.74, 6) is 0.792. The zero-order chi connectivity index (χ0) is 12.5. The summed E-state index contributed by atoms with van der Waals surface area (Å²) >= 11 is 0. The molecule has 4 heteroatoms. The van der Waals surface area contributed by atoms with Crippen molar-refractivity contribution >= 4 is 5.91 Å². The Morgan fingerprint density at radius 2 is 2.12 bits per heavy atom. The molecule has 0 radical (unpaired) electrons. The molecule has 1 amide bonds. The summed E-state index contributed by atoms with van der Waals surface area (Å²) in [7, 11) is 0. The number of hydrogen-bond acceptors (Lipinski definition) is 3. The van der Waals surface area contributed by atoms with E-state index in [1.54, 1.807) is 0 Å². The van der Waals surface area contributed by atoms with Crippen molar-refractivity contribution in [2.75, 3.05) is 19.6 Å². The molecule has 0 heterocycles. The third-order valence-corrected chi connectivity index (χ3v) is 3.36. The van der Waals surface area contributed by atoms with Gasteiger partial charge in [0.2, 0.25) is 5.91 Å². The first kappa shape index (κ1) is 14.5. The van der Waals surface area contributed by atoms with Crippen molar-refractivity contribution in [3.05, 3.63) is 0 Å². The van der Waals surface area contributed by atoms with Crippen LogP contribution in [0.15, 0.2) is 0 Å². The number of amides is 1. The van der Waals surface area contributed by atoms with Crippen molar-refractivity contribution in [3.8, 4) is 0 Å². The minimum absolute atomic E-state index is 0.0743. The molecule has 1 rings (SSSR count). The van der Waals surface area contributed by atoms with Gasteiger partial charge in [0.1, 0.15) is 0 Å². The summed E-state index contributed by atoms with van der Waals surface area (Å²) in [5, 5.41) is 15.7. The van der Waals surface area contributed by atoms with E-state index in [2.05, 4.69) is 10.6 Å². The molecule has 0 aromatic heterocycles. The number of rotatable bonds is 8. The lowest BCUT2D eigenvalue weighted by Gasteiger charge is -2.15. The van der Waals surface area contributed by atoms with E-state index in [1.807, 2.05) is 6.92 Å². The van der Waals surface area contributed by atoms with Gasteiger partial charge in [-0.3, -0.25) is 4.79 Å². The molecule has 3 N–H and O–H groups in total. The van der Waals surface area contributed by atoms with E-state index in [0.717, 1.165) is 12.3 Å². The first-order chi connectivity index (χ1) is 8.22. The van der Waals surface area contributed by atoms with Crippen molar-refractivity contribution < 1.29 is 9.90 Å². The van der Waals surface area contributed by atoms with Gasteiger partial charge in [0.05, 0.1) is 6.10 Å². The van der Waals surface area contributed by atoms with Crippen LogP contribution in [0.1, 0.15) is 45.4 Å². The number of carbonyl (C=O) groups excluding carboxylic acids is 1. The Kier molecular flexibility index (Phi) is 7.21. The van der Waals surface area contributed by atoms with E-state index in [-0.39, 0.29) is 12.0 Å². The van der Waals surface area contributed by atoms with Crippen LogP contribution in [0.5, 0.6) is 0 Å². The van der Waals surface area contributed by atoms with E-state index in [1.165, 1.54) is 25.7 Å². The topological polar surface area (TPSA) is 61.4 Å². The molecule has 1 fully saturated rings. The van der Waals surface area contributed by atoms with Crippen LogP contribution in [0.2, 0.25) is 0 Å². The second-order valence-electron chi connectivity index (χ2n) is 4.95. The Balaban J connectivity index is 1.96. The molecule has 17 heavy (non-hydrogen) atoms. The molecule has 0 bridgehead atoms. The zero-order valence-electron chi connectivity index (χ0n) is 10.9. The van der Waals surface area contributed by atoms with Gasteiger partial charge in [-0.2, -0.15) is 0 Å². The molecule has 0 spiro atoms. The fraction of sp³-hybridized carbons (Fsp3) is 0.923. The lowest BCUT2D eigenvalue weighted by molar-refractivity contribution is -0.120. The predicted molar refractivity (Wildman–Crippen MR) is 68.8 cm³/mol. The summed E-state index contributed by atoms with van der Waals surface area (Å²) in [5.41, 5.74) is 0. The fourth-order valence-electron chi connectivity index (χ4n) is 2.47. The molecule has 1 saturated carbocycles. The molecule has 0 aromatic rings. The molecule has 0 saturated heterocycles. The van der Waals surface area contributed by atoms with Crippen LogP contribution in [0.4, 0.5) is 0 Å². The first-order valence-corrected chi connectivity index (χ1v) is 6.87. The normalized spacial score (nSPS) is 18.2. The monoisotopic (exact) mass is 242 g/mol. The van der Waals surface area contributed by atoms with Crippen molar-refractivity contribution in [3.63, 3.8) is 0 Å². The molecule has 1 aliphatic rings. The predicted octanol–water partition coefficient (Wildman–Crippen LogP) is 1.04. The van der Waals surface area contributed by atoms with E-state index in [4.69, 9.17) is 0 Å². The van der Waals surface area contributed by atoms with Gasteiger partial charge >= 0.3 is 0 Å². The highest BCUT2D eigenvalue weighted by Gasteiger charge is 2.18. The average molecular weight is 242 g/mol. The van der Waals surface area contributed by atoms with Crippen LogP contribution in [0.25, 0.3) is 0 Å². The maximum absolute atomic E-state index is 11.2. The van der Waals surface area contributed by atoms with Crippen molar-refractivity contribution in [2.24, 2.45) is 5.92 Å². The third kappa shape index (κ3) is 6.64. The minimum Gasteiger partial charge on any atom is -0.392 e. The van der Waals surface area contributed by atoms with E-state index in [9.17, 15) is 9.90 Å². The molecular weight excluding hydrogens is 216 g/mol. The lowest BCUT2D eigenvalue weighted by Crippen LogP contribution is -2.32. The van der Waals surface area contributed by atoms with Crippen molar-refractivity contribution in [1.82, 2.24) is 10.6 Å². The molecule has 0 aliphatic heterocycles. The Morgan fingerprint density at radius 1 is 1.41 bits per heavy atom. The molecule has 1 aliphatic carbocycles. The number of nitrogens with one attached hydrogen (secondary N) is 2. The molecular formula is C13H26N2O2. The summed E-state index contributed by atoms with van der Waals surface area (Å²) in [6.45, 7) is 3.85. The first-order valence-electron chi connectivity index (χ1n) is 6.87. The largest absolute Gasteiger partial charge is 0.392 e. The van der Waals surface area contributed by atoms with Crippen molar-refractivity contribution in [1.29, 1.82) is 0 Å². The number of aliphatic hydroxyl groups is 1. The zero-order valence-corrected chi connectivity index (χ0v) is 10.9. The second-order valence-corrected chi connectivity index (χ2v) is 4.95. The molecule has 4 nitrogen and oxygen atoms in total. The third-order valence-electron chi connectivity index (χ3n) is 3.36. The van der Waals surface area contributed by atoms with Gasteiger partial charge in [0, 0.05) is 26.1 Å². The van der Waals surface area contributed by atoms with Gasteiger partial charge in [-0.1, -0.05) is 25.7 Å². The lowest BCUT2D eigenvalue weighted by atomic mass is 10.0. The second kappa shape index (κ2) is 8.48. The molecule has 1 atom stereocenters. The van der Waals surface area contributed by atoms with Gasteiger partial charge in [0.15, 0.2) is 0 Å². The highest BCUT2D eigenvalue weighted by Crippen LogP contribution is 2.28. The summed E-state index contributed by atoms with van der Waals surface area (Å²) in [4.78, 5) is 11.2. The highest BCUT2D eigenvalue weighted by molar-refractivity contribution is 5.75. The van der Waals surface area contributed by atoms with Gasteiger partial charge < -0.3 is 15.7 Å². The van der Waals surface area contributed by atoms with Crippen LogP contribution >= 0.6 is 0 Å². The van der Waals surface area contributed by atoms with Crippen LogP contribution in [0, 0.1) is 5.92 Å². The van der Waals surface area contributed by atoms with E-state index < -0.39 is 0 Å². The van der Waals surface area contributed by atoms with Gasteiger partial charge in [-0.25, -0.2) is 0 Å². The maximum Gasteiger partial charge on any atom is 0.221 e. The minimum atomic E-state index is -0.257. The Labute approximate surface area is 104 Å². The summed E-state index contributed by atoms with van der Waals surface area (Å²) in [6, 6.07) is 0. The Bertz CT molecular complexity index is 215. The highest BCUT2D eigenvalue weighted by atomic mass is 16.3. The Hall–Kier alpha value is -0.610. The number of aliphatic hydroxyl groups excluding tert-OH is 1. The number of hydrogen-bond donors (Lipinski definition) is 3. The summed E-state index contributed by atoms with van der Waals surface area (Å²) in [6.07, 6.45) is 6.33. The maximum atomic E-state index is 11.2. The van der Waals surface area contributed by atoms with Crippen molar-refractivity contribution in [2.45, 2.75) is 51.6 Å². The number of carbonyl (C=O) groups is 1. The fourth-order valence-corrected chi connectivity index (χ4v) is 2.47. The van der Waals surface area contributed by atoms with Crippen LogP contribution < -0.4 is 10.6 Å². The van der Waals surface area contributed by atoms with Gasteiger partial charge in [0.25, 0.3) is 0 Å². The van der Waals surface area contributed by atoms with Crippen LogP contribution in [-0.4, -0.2) is 36.8 Å². The smallest absolute Gasteiger partial charge is 0.221 e. The Morgan fingerprint density at radius 3 is 2.76 bits per heavy atom. The van der Waals surface area contributed by atoms with Gasteiger partial charge in [-0.15, -0.1) is 0 Å². The standard InChI is InChI=1S/C13H26N2O2/c1-2-15-13(17)7-8-14-10-12(16)9-11-5-3-4-6-11/h11-12,14,16H,2-10H2,1H3,(H,15,17). The average Bonchev–Trinajstić information content (AvgIpc) is 2.77.